The number of halogens is 2. The number of rotatable bonds is 7. The van der Waals surface area contributed by atoms with Crippen molar-refractivity contribution in [3.05, 3.63) is 34.6 Å². The number of hydrogen-bond donors (Lipinski definition) is 2. The largest absolute Gasteiger partial charge is 0.481 e. The van der Waals surface area contributed by atoms with Gasteiger partial charge in [0.1, 0.15) is 5.82 Å². The second kappa shape index (κ2) is 7.07. The van der Waals surface area contributed by atoms with Gasteiger partial charge < -0.3 is 15.2 Å². The third-order valence-corrected chi connectivity index (χ3v) is 3.80. The van der Waals surface area contributed by atoms with Crippen LogP contribution in [-0.4, -0.2) is 29.7 Å². The predicted octanol–water partition coefficient (Wildman–Crippen LogP) is 2.54. The van der Waals surface area contributed by atoms with Crippen molar-refractivity contribution in [2.75, 3.05) is 6.61 Å². The van der Waals surface area contributed by atoms with E-state index in [2.05, 4.69) is 5.32 Å². The maximum Gasteiger partial charge on any atom is 0.305 e. The zero-order chi connectivity index (χ0) is 16.3. The summed E-state index contributed by atoms with van der Waals surface area (Å²) in [6.45, 7) is 2.37. The molecule has 1 aromatic rings. The zero-order valence-corrected chi connectivity index (χ0v) is 12.8. The topological polar surface area (TPSA) is 75.6 Å². The maximum absolute atomic E-state index is 13.5. The van der Waals surface area contributed by atoms with Crippen LogP contribution in [0, 0.1) is 11.7 Å². The minimum atomic E-state index is -1.09. The Balaban J connectivity index is 2.08. The summed E-state index contributed by atoms with van der Waals surface area (Å²) in [5.74, 6) is -2.28. The molecule has 0 spiro atoms. The molecule has 2 rings (SSSR count). The van der Waals surface area contributed by atoms with E-state index < -0.39 is 17.8 Å². The number of carbonyl (C=O) groups is 2. The van der Waals surface area contributed by atoms with Gasteiger partial charge in [-0.2, -0.15) is 0 Å². The fourth-order valence-electron chi connectivity index (χ4n) is 2.28. The third kappa shape index (κ3) is 4.18. The first kappa shape index (κ1) is 16.7. The molecular weight excluding hydrogens is 313 g/mol. The normalized spacial score (nSPS) is 21.2. The lowest BCUT2D eigenvalue weighted by Gasteiger charge is -2.18. The molecule has 1 aliphatic carbocycles. The van der Waals surface area contributed by atoms with E-state index in [0.717, 1.165) is 6.07 Å². The van der Waals surface area contributed by atoms with Crippen molar-refractivity contribution in [2.24, 2.45) is 5.92 Å². The van der Waals surface area contributed by atoms with E-state index in [9.17, 15) is 14.0 Å². The highest BCUT2D eigenvalue weighted by Gasteiger charge is 2.44. The van der Waals surface area contributed by atoms with Crippen LogP contribution in [0.3, 0.4) is 0 Å². The Bertz CT molecular complexity index is 581. The van der Waals surface area contributed by atoms with Gasteiger partial charge in [0.25, 0.3) is 0 Å². The Kier molecular flexibility index (Phi) is 5.37. The third-order valence-electron chi connectivity index (χ3n) is 3.49. The van der Waals surface area contributed by atoms with Gasteiger partial charge in [0, 0.05) is 6.61 Å². The summed E-state index contributed by atoms with van der Waals surface area (Å²) in [5, 5.41) is 11.6. The smallest absolute Gasteiger partial charge is 0.305 e. The van der Waals surface area contributed by atoms with Crippen molar-refractivity contribution in [1.82, 2.24) is 5.32 Å². The molecule has 1 aliphatic rings. The number of hydrogen-bond acceptors (Lipinski definition) is 3. The number of carboxylic acid groups (broad SMARTS) is 1. The molecular formula is C15H17ClFNO4. The molecule has 0 bridgehead atoms. The highest BCUT2D eigenvalue weighted by molar-refractivity contribution is 6.30. The average molecular weight is 330 g/mol. The lowest BCUT2D eigenvalue weighted by Crippen LogP contribution is -2.32. The van der Waals surface area contributed by atoms with Gasteiger partial charge in [0.2, 0.25) is 5.91 Å². The highest BCUT2D eigenvalue weighted by atomic mass is 35.5. The summed E-state index contributed by atoms with van der Waals surface area (Å²) in [4.78, 5) is 23.1. The first-order valence-electron chi connectivity index (χ1n) is 7.01. The fourth-order valence-corrected chi connectivity index (χ4v) is 2.40. The predicted molar refractivity (Wildman–Crippen MR) is 78.1 cm³/mol. The van der Waals surface area contributed by atoms with Crippen LogP contribution >= 0.6 is 11.6 Å². The van der Waals surface area contributed by atoms with Crippen molar-refractivity contribution in [2.45, 2.75) is 31.9 Å². The first-order valence-corrected chi connectivity index (χ1v) is 7.38. The molecule has 1 fully saturated rings. The van der Waals surface area contributed by atoms with Crippen LogP contribution in [0.4, 0.5) is 4.39 Å². The number of nitrogens with one attached hydrogen (secondary N) is 1. The summed E-state index contributed by atoms with van der Waals surface area (Å²) < 4.78 is 18.9. The molecule has 1 amide bonds. The summed E-state index contributed by atoms with van der Waals surface area (Å²) >= 11 is 5.62. The lowest BCUT2D eigenvalue weighted by atomic mass is 10.0. The molecule has 0 aliphatic heterocycles. The van der Waals surface area contributed by atoms with Gasteiger partial charge in [-0.15, -0.1) is 0 Å². The Morgan fingerprint density at radius 1 is 1.55 bits per heavy atom. The molecule has 2 N–H and O–H groups in total. The summed E-state index contributed by atoms with van der Waals surface area (Å²) in [5.41, 5.74) is 0.367. The average Bonchev–Trinajstić information content (AvgIpc) is 3.20. The van der Waals surface area contributed by atoms with E-state index in [0.29, 0.717) is 18.6 Å². The maximum atomic E-state index is 13.5. The number of carboxylic acids is 1. The van der Waals surface area contributed by atoms with Gasteiger partial charge in [-0.05, 0) is 31.0 Å². The molecule has 0 radical (unpaired) electrons. The van der Waals surface area contributed by atoms with Crippen LogP contribution in [0.2, 0.25) is 5.02 Å². The van der Waals surface area contributed by atoms with Gasteiger partial charge >= 0.3 is 5.97 Å². The Hall–Kier alpha value is -1.66. The molecule has 0 saturated heterocycles. The fraction of sp³-hybridized carbons (Fsp3) is 0.467. The molecule has 0 aromatic heterocycles. The molecule has 7 heteroatoms. The molecule has 3 atom stereocenters. The molecule has 22 heavy (non-hydrogen) atoms. The van der Waals surface area contributed by atoms with Crippen LogP contribution in [0.15, 0.2) is 18.2 Å². The van der Waals surface area contributed by atoms with Crippen molar-refractivity contribution < 1.29 is 23.8 Å². The van der Waals surface area contributed by atoms with Crippen molar-refractivity contribution in [3.8, 4) is 0 Å². The van der Waals surface area contributed by atoms with E-state index in [1.54, 1.807) is 0 Å². The van der Waals surface area contributed by atoms with Gasteiger partial charge in [0.05, 0.1) is 29.5 Å². The monoisotopic (exact) mass is 329 g/mol. The van der Waals surface area contributed by atoms with E-state index in [4.69, 9.17) is 21.4 Å². The van der Waals surface area contributed by atoms with Crippen LogP contribution in [0.1, 0.15) is 31.4 Å². The van der Waals surface area contributed by atoms with E-state index in [1.807, 2.05) is 6.92 Å². The van der Waals surface area contributed by atoms with E-state index in [-0.39, 0.29) is 29.4 Å². The minimum Gasteiger partial charge on any atom is -0.481 e. The number of carbonyl (C=O) groups excluding carboxylic acids is 1. The standard InChI is InChI=1S/C15H17ClFNO4/c1-2-22-13-6-9(13)15(21)18-12(7-14(19)20)8-3-4-10(16)11(17)5-8/h3-5,9,12-13H,2,6-7H2,1H3,(H,18,21)(H,19,20). The van der Waals surface area contributed by atoms with Crippen LogP contribution < -0.4 is 5.32 Å². The highest BCUT2D eigenvalue weighted by Crippen LogP contribution is 2.34. The SMILES string of the molecule is CCOC1CC1C(=O)NC(CC(=O)O)c1ccc(Cl)c(F)c1. The van der Waals surface area contributed by atoms with Crippen LogP contribution in [0.25, 0.3) is 0 Å². The van der Waals surface area contributed by atoms with Crippen molar-refractivity contribution in [3.63, 3.8) is 0 Å². The van der Waals surface area contributed by atoms with Crippen molar-refractivity contribution in [1.29, 1.82) is 0 Å². The number of amides is 1. The lowest BCUT2D eigenvalue weighted by molar-refractivity contribution is -0.137. The molecule has 120 valence electrons. The molecule has 3 unspecified atom stereocenters. The Labute approximate surface area is 132 Å². The van der Waals surface area contributed by atoms with Gasteiger partial charge in [-0.3, -0.25) is 9.59 Å². The Morgan fingerprint density at radius 2 is 2.27 bits per heavy atom. The van der Waals surface area contributed by atoms with Gasteiger partial charge in [-0.25, -0.2) is 4.39 Å². The number of benzene rings is 1. The van der Waals surface area contributed by atoms with Gasteiger partial charge in [0.15, 0.2) is 0 Å². The number of aliphatic carboxylic acids is 1. The summed E-state index contributed by atoms with van der Waals surface area (Å²) in [6, 6.07) is 3.18. The molecule has 5 nitrogen and oxygen atoms in total. The van der Waals surface area contributed by atoms with E-state index in [1.165, 1.54) is 12.1 Å². The summed E-state index contributed by atoms with van der Waals surface area (Å²) in [6.07, 6.45) is 0.172. The zero-order valence-electron chi connectivity index (χ0n) is 12.0. The minimum absolute atomic E-state index is 0.0530. The second-order valence-electron chi connectivity index (χ2n) is 5.17. The molecule has 1 aromatic carbocycles. The quantitative estimate of drug-likeness (QED) is 0.806. The molecule has 1 saturated carbocycles. The van der Waals surface area contributed by atoms with Gasteiger partial charge in [-0.1, -0.05) is 17.7 Å². The van der Waals surface area contributed by atoms with Crippen LogP contribution in [-0.2, 0) is 14.3 Å². The van der Waals surface area contributed by atoms with Crippen LogP contribution in [0.5, 0.6) is 0 Å². The van der Waals surface area contributed by atoms with E-state index >= 15 is 0 Å². The number of ether oxygens (including phenoxy) is 1. The first-order chi connectivity index (χ1) is 10.4. The Morgan fingerprint density at radius 3 is 2.86 bits per heavy atom. The molecule has 0 heterocycles. The second-order valence-corrected chi connectivity index (χ2v) is 5.58. The van der Waals surface area contributed by atoms with Crippen molar-refractivity contribution >= 4 is 23.5 Å². The summed E-state index contributed by atoms with van der Waals surface area (Å²) in [7, 11) is 0.